The number of alkyl halides is 1. The average molecular weight is 552 g/mol. The van der Waals surface area contributed by atoms with Crippen LogP contribution in [0.1, 0.15) is 18.5 Å². The number of carbonyl (C=O) groups excluding carboxylic acids is 1. The second-order valence-corrected chi connectivity index (χ2v) is 10.1. The van der Waals surface area contributed by atoms with Crippen molar-refractivity contribution >= 4 is 45.6 Å². The third kappa shape index (κ3) is 6.86. The van der Waals surface area contributed by atoms with Crippen molar-refractivity contribution in [3.63, 3.8) is 0 Å². The second-order valence-electron chi connectivity index (χ2n) is 9.02. The van der Waals surface area contributed by atoms with Gasteiger partial charge in [0.05, 0.1) is 4.88 Å². The minimum Gasteiger partial charge on any atom is -0.359 e. The van der Waals surface area contributed by atoms with Gasteiger partial charge < -0.3 is 20.1 Å². The Bertz CT molecular complexity index is 1400. The zero-order chi connectivity index (χ0) is 27.2. The zero-order valence-corrected chi connectivity index (χ0v) is 22.6. The topological polar surface area (TPSA) is 124 Å². The van der Waals surface area contributed by atoms with Crippen molar-refractivity contribution < 1.29 is 13.7 Å². The highest BCUT2D eigenvalue weighted by Crippen LogP contribution is 2.31. The Hall–Kier alpha value is -4.10. The Labute approximate surface area is 229 Å². The molecule has 3 N–H and O–H groups in total. The SMILES string of the molecule is CCc1cc(NC(=O)Nc2ccc(-c3cnc(Nc4cc(N5CCN(CCF)CC5)nc(C)n4)s3)cc2)no1. The first kappa shape index (κ1) is 26.5. The molecule has 1 fully saturated rings. The summed E-state index contributed by atoms with van der Waals surface area (Å²) >= 11 is 1.50. The summed E-state index contributed by atoms with van der Waals surface area (Å²) in [5.74, 6) is 3.26. The summed E-state index contributed by atoms with van der Waals surface area (Å²) in [6, 6.07) is 10.7. The van der Waals surface area contributed by atoms with Crippen LogP contribution in [0.3, 0.4) is 0 Å². The largest absolute Gasteiger partial charge is 0.359 e. The molecule has 0 aliphatic carbocycles. The van der Waals surface area contributed by atoms with Crippen LogP contribution in [0.2, 0.25) is 0 Å². The number of nitrogens with zero attached hydrogens (tertiary/aromatic N) is 6. The molecule has 0 saturated carbocycles. The molecule has 2 amide bonds. The third-order valence-corrected chi connectivity index (χ3v) is 7.20. The van der Waals surface area contributed by atoms with Gasteiger partial charge in [0.25, 0.3) is 0 Å². The molecule has 3 aromatic heterocycles. The van der Waals surface area contributed by atoms with E-state index in [4.69, 9.17) is 4.52 Å². The molecule has 0 bridgehead atoms. The second kappa shape index (κ2) is 12.2. The molecule has 13 heteroatoms. The van der Waals surface area contributed by atoms with E-state index in [0.717, 1.165) is 42.4 Å². The van der Waals surface area contributed by atoms with E-state index in [-0.39, 0.29) is 6.67 Å². The highest BCUT2D eigenvalue weighted by atomic mass is 32.1. The smallest absolute Gasteiger partial charge is 0.324 e. The molecule has 1 saturated heterocycles. The molecule has 1 aromatic carbocycles. The van der Waals surface area contributed by atoms with Crippen LogP contribution in [-0.4, -0.2) is 70.4 Å². The van der Waals surface area contributed by atoms with Gasteiger partial charge in [-0.05, 0) is 24.6 Å². The highest BCUT2D eigenvalue weighted by Gasteiger charge is 2.19. The summed E-state index contributed by atoms with van der Waals surface area (Å²) in [6.07, 6.45) is 2.50. The number of hydrogen-bond donors (Lipinski definition) is 3. The van der Waals surface area contributed by atoms with Gasteiger partial charge in [0, 0.05) is 63.2 Å². The van der Waals surface area contributed by atoms with E-state index in [1.807, 2.05) is 44.2 Å². The Morgan fingerprint density at radius 3 is 2.59 bits per heavy atom. The maximum atomic E-state index is 12.7. The fourth-order valence-electron chi connectivity index (χ4n) is 4.21. The average Bonchev–Trinajstić information content (AvgIpc) is 3.59. The van der Waals surface area contributed by atoms with E-state index in [2.05, 4.69) is 45.9 Å². The van der Waals surface area contributed by atoms with Gasteiger partial charge in [0.15, 0.2) is 10.9 Å². The van der Waals surface area contributed by atoms with E-state index in [1.54, 1.807) is 12.3 Å². The Morgan fingerprint density at radius 1 is 1.08 bits per heavy atom. The van der Waals surface area contributed by atoms with Crippen molar-refractivity contribution in [3.8, 4) is 10.4 Å². The highest BCUT2D eigenvalue weighted by molar-refractivity contribution is 7.18. The summed E-state index contributed by atoms with van der Waals surface area (Å²) in [6.45, 7) is 7.19. The maximum Gasteiger partial charge on any atom is 0.324 e. The number of thiazole rings is 1. The van der Waals surface area contributed by atoms with E-state index in [0.29, 0.717) is 47.0 Å². The van der Waals surface area contributed by atoms with Crippen LogP contribution in [0.5, 0.6) is 0 Å². The number of urea groups is 1. The van der Waals surface area contributed by atoms with E-state index in [9.17, 15) is 9.18 Å². The number of aryl methyl sites for hydroxylation is 2. The van der Waals surface area contributed by atoms with Crippen LogP contribution in [0.4, 0.5) is 37.5 Å². The number of aromatic nitrogens is 4. The van der Waals surface area contributed by atoms with Crippen molar-refractivity contribution in [1.82, 2.24) is 25.0 Å². The molecule has 0 unspecified atom stereocenters. The summed E-state index contributed by atoms with van der Waals surface area (Å²) in [4.78, 5) is 31.2. The Kier molecular flexibility index (Phi) is 8.27. The molecule has 0 radical (unpaired) electrons. The molecule has 204 valence electrons. The summed E-state index contributed by atoms with van der Waals surface area (Å²) in [5.41, 5.74) is 1.62. The summed E-state index contributed by atoms with van der Waals surface area (Å²) < 4.78 is 17.7. The normalized spacial score (nSPS) is 13.9. The molecule has 4 heterocycles. The first-order valence-corrected chi connectivity index (χ1v) is 13.6. The minimum absolute atomic E-state index is 0.320. The lowest BCUT2D eigenvalue weighted by Gasteiger charge is -2.35. The molecule has 39 heavy (non-hydrogen) atoms. The van der Waals surface area contributed by atoms with Gasteiger partial charge in [-0.1, -0.05) is 35.5 Å². The molecular weight excluding hydrogens is 521 g/mol. The number of rotatable bonds is 9. The van der Waals surface area contributed by atoms with Gasteiger partial charge in [-0.2, -0.15) is 0 Å². The number of halogens is 1. The fourth-order valence-corrected chi connectivity index (χ4v) is 5.04. The van der Waals surface area contributed by atoms with Crippen LogP contribution in [0.25, 0.3) is 10.4 Å². The number of benzene rings is 1. The van der Waals surface area contributed by atoms with Gasteiger partial charge in [0.1, 0.15) is 29.9 Å². The Balaban J connectivity index is 1.19. The van der Waals surface area contributed by atoms with Gasteiger partial charge in [-0.25, -0.2) is 24.1 Å². The van der Waals surface area contributed by atoms with Gasteiger partial charge >= 0.3 is 6.03 Å². The predicted molar refractivity (Wildman–Crippen MR) is 151 cm³/mol. The van der Waals surface area contributed by atoms with Crippen LogP contribution < -0.4 is 20.9 Å². The van der Waals surface area contributed by atoms with Crippen molar-refractivity contribution in [2.75, 3.05) is 60.2 Å². The van der Waals surface area contributed by atoms with Crippen LogP contribution in [-0.2, 0) is 6.42 Å². The zero-order valence-electron chi connectivity index (χ0n) is 21.8. The first-order chi connectivity index (χ1) is 19.0. The van der Waals surface area contributed by atoms with Crippen molar-refractivity contribution in [2.24, 2.45) is 0 Å². The molecule has 0 spiro atoms. The molecule has 11 nitrogen and oxygen atoms in total. The molecule has 1 aliphatic rings. The van der Waals surface area contributed by atoms with E-state index >= 15 is 0 Å². The van der Waals surface area contributed by atoms with Crippen LogP contribution in [0, 0.1) is 6.92 Å². The number of carbonyl (C=O) groups is 1. The van der Waals surface area contributed by atoms with Gasteiger partial charge in [0.2, 0.25) is 0 Å². The number of anilines is 5. The number of amides is 2. The molecule has 4 aromatic rings. The molecule has 1 aliphatic heterocycles. The quantitative estimate of drug-likeness (QED) is 0.265. The van der Waals surface area contributed by atoms with Crippen molar-refractivity contribution in [2.45, 2.75) is 20.3 Å². The Morgan fingerprint density at radius 2 is 1.87 bits per heavy atom. The predicted octanol–water partition coefficient (Wildman–Crippen LogP) is 4.94. The maximum absolute atomic E-state index is 12.7. The number of hydrogen-bond acceptors (Lipinski definition) is 10. The molecule has 0 atom stereocenters. The lowest BCUT2D eigenvalue weighted by molar-refractivity contribution is 0.235. The van der Waals surface area contributed by atoms with Gasteiger partial charge in [-0.3, -0.25) is 10.2 Å². The van der Waals surface area contributed by atoms with Gasteiger partial charge in [-0.15, -0.1) is 0 Å². The lowest BCUT2D eigenvalue weighted by Crippen LogP contribution is -2.47. The summed E-state index contributed by atoms with van der Waals surface area (Å²) in [5, 5.41) is 13.3. The molecule has 5 rings (SSSR count). The number of piperazine rings is 1. The standard InChI is InChI=1S/C26H30FN9O2S/c1-3-20-14-23(34-38-20)32-25(37)31-19-6-4-18(5-7-19)21-16-28-26(39-21)33-22-15-24(30-17(2)29-22)36-12-10-35(9-8-27)11-13-36/h4-7,14-16H,3,8-13H2,1-2H3,(H,28,29,30,33)(H2,31,32,34,37). The van der Waals surface area contributed by atoms with E-state index in [1.165, 1.54) is 11.3 Å². The third-order valence-electron chi connectivity index (χ3n) is 6.24. The van der Waals surface area contributed by atoms with Crippen LogP contribution >= 0.6 is 11.3 Å². The first-order valence-electron chi connectivity index (χ1n) is 12.7. The number of nitrogens with one attached hydrogen (secondary N) is 3. The lowest BCUT2D eigenvalue weighted by atomic mass is 10.2. The van der Waals surface area contributed by atoms with Crippen LogP contribution in [0.15, 0.2) is 47.1 Å². The van der Waals surface area contributed by atoms with Crippen molar-refractivity contribution in [1.29, 1.82) is 0 Å². The monoisotopic (exact) mass is 551 g/mol. The van der Waals surface area contributed by atoms with Crippen molar-refractivity contribution in [3.05, 3.63) is 54.2 Å². The summed E-state index contributed by atoms with van der Waals surface area (Å²) in [7, 11) is 0. The minimum atomic E-state index is -0.399. The fraction of sp³-hybridized carbons (Fsp3) is 0.346. The molecular formula is C26H30FN9O2S. The van der Waals surface area contributed by atoms with E-state index < -0.39 is 6.03 Å².